The summed E-state index contributed by atoms with van der Waals surface area (Å²) in [6, 6.07) is 15.7. The largest absolute Gasteiger partial charge is 0.483 e. The lowest BCUT2D eigenvalue weighted by molar-refractivity contribution is -0.123. The Balaban J connectivity index is 1.57. The Labute approximate surface area is 167 Å². The third kappa shape index (κ3) is 5.32. The van der Waals surface area contributed by atoms with Crippen LogP contribution in [0, 0.1) is 13.8 Å². The normalized spacial score (nSPS) is 10.7. The number of hydrogen-bond acceptors (Lipinski definition) is 6. The van der Waals surface area contributed by atoms with Gasteiger partial charge in [0.2, 0.25) is 5.76 Å². The number of nitrogens with zero attached hydrogens (tertiary/aromatic N) is 1. The van der Waals surface area contributed by atoms with E-state index in [1.165, 1.54) is 18.5 Å². The molecule has 0 aliphatic heterocycles. The van der Waals surface area contributed by atoms with E-state index in [2.05, 4.69) is 10.5 Å². The number of amides is 1. The fourth-order valence-electron chi connectivity index (χ4n) is 2.60. The molecule has 0 spiro atoms. The molecular weight excluding hydrogens is 372 g/mol. The van der Waals surface area contributed by atoms with E-state index in [0.717, 1.165) is 11.1 Å². The van der Waals surface area contributed by atoms with Crippen molar-refractivity contribution in [2.75, 3.05) is 6.61 Å². The highest BCUT2D eigenvalue weighted by atomic mass is 16.5. The molecule has 0 aliphatic rings. The molecule has 0 fully saturated rings. The van der Waals surface area contributed by atoms with Crippen molar-refractivity contribution in [1.29, 1.82) is 0 Å². The summed E-state index contributed by atoms with van der Waals surface area (Å²) >= 11 is 0. The molecular formula is C22H20N2O5. The molecule has 0 atom stereocenters. The molecule has 2 aromatic carbocycles. The van der Waals surface area contributed by atoms with Crippen molar-refractivity contribution in [3.63, 3.8) is 0 Å². The lowest BCUT2D eigenvalue weighted by atomic mass is 10.1. The fourth-order valence-corrected chi connectivity index (χ4v) is 2.60. The van der Waals surface area contributed by atoms with Crippen LogP contribution in [-0.4, -0.2) is 24.7 Å². The van der Waals surface area contributed by atoms with Gasteiger partial charge in [0.05, 0.1) is 12.5 Å². The van der Waals surface area contributed by atoms with E-state index in [-0.39, 0.29) is 12.4 Å². The van der Waals surface area contributed by atoms with Crippen molar-refractivity contribution < 1.29 is 23.5 Å². The lowest BCUT2D eigenvalue weighted by Gasteiger charge is -2.10. The predicted molar refractivity (Wildman–Crippen MR) is 107 cm³/mol. The zero-order valence-electron chi connectivity index (χ0n) is 16.0. The molecule has 148 valence electrons. The Morgan fingerprint density at radius 1 is 1.03 bits per heavy atom. The number of para-hydroxylation sites is 2. The van der Waals surface area contributed by atoms with E-state index < -0.39 is 11.9 Å². The highest BCUT2D eigenvalue weighted by molar-refractivity contribution is 5.91. The Morgan fingerprint density at radius 3 is 2.52 bits per heavy atom. The van der Waals surface area contributed by atoms with Crippen LogP contribution in [0.15, 0.2) is 70.4 Å². The third-order valence-corrected chi connectivity index (χ3v) is 3.99. The minimum atomic E-state index is -0.623. The number of hydrogen-bond donors (Lipinski definition) is 1. The summed E-state index contributed by atoms with van der Waals surface area (Å²) in [6.45, 7) is 3.66. The van der Waals surface area contributed by atoms with Crippen LogP contribution >= 0.6 is 0 Å². The van der Waals surface area contributed by atoms with Gasteiger partial charge in [0, 0.05) is 5.56 Å². The number of carbonyl (C=O) groups is 2. The van der Waals surface area contributed by atoms with E-state index in [1.54, 1.807) is 30.3 Å². The molecule has 1 aromatic heterocycles. The summed E-state index contributed by atoms with van der Waals surface area (Å²) in [5.74, 6) is 0.0324. The van der Waals surface area contributed by atoms with Crippen LogP contribution in [0.1, 0.15) is 27.2 Å². The molecule has 0 saturated carbocycles. The Morgan fingerprint density at radius 2 is 1.79 bits per heavy atom. The SMILES string of the molecule is Cc1cccc(C)c1OCC(=O)NN=Cc1ccccc1OC(=O)c1ccco1. The maximum absolute atomic E-state index is 12.0. The molecule has 7 heteroatoms. The van der Waals surface area contributed by atoms with Crippen molar-refractivity contribution >= 4 is 18.1 Å². The molecule has 0 radical (unpaired) electrons. The van der Waals surface area contributed by atoms with Crippen LogP contribution in [0.3, 0.4) is 0 Å². The van der Waals surface area contributed by atoms with Crippen molar-refractivity contribution in [2.45, 2.75) is 13.8 Å². The number of rotatable bonds is 7. The first-order valence-electron chi connectivity index (χ1n) is 8.90. The van der Waals surface area contributed by atoms with Gasteiger partial charge in [-0.25, -0.2) is 10.2 Å². The van der Waals surface area contributed by atoms with Crippen LogP contribution in [0.5, 0.6) is 11.5 Å². The maximum Gasteiger partial charge on any atom is 0.379 e. The van der Waals surface area contributed by atoms with E-state index >= 15 is 0 Å². The minimum Gasteiger partial charge on any atom is -0.483 e. The van der Waals surface area contributed by atoms with Gasteiger partial charge in [0.1, 0.15) is 11.5 Å². The number of carbonyl (C=O) groups excluding carboxylic acids is 2. The molecule has 3 rings (SSSR count). The van der Waals surface area contributed by atoms with E-state index in [0.29, 0.717) is 17.1 Å². The van der Waals surface area contributed by atoms with E-state index in [1.807, 2.05) is 32.0 Å². The summed E-state index contributed by atoms with van der Waals surface area (Å²) in [4.78, 5) is 24.0. The quantitative estimate of drug-likeness (QED) is 0.287. The average molecular weight is 392 g/mol. The van der Waals surface area contributed by atoms with E-state index in [9.17, 15) is 9.59 Å². The van der Waals surface area contributed by atoms with Gasteiger partial charge in [0.25, 0.3) is 5.91 Å². The molecule has 7 nitrogen and oxygen atoms in total. The molecule has 1 heterocycles. The van der Waals surface area contributed by atoms with Gasteiger partial charge in [0.15, 0.2) is 6.61 Å². The zero-order valence-corrected chi connectivity index (χ0v) is 16.0. The molecule has 1 amide bonds. The van der Waals surface area contributed by atoms with Gasteiger partial charge >= 0.3 is 5.97 Å². The Kier molecular flexibility index (Phi) is 6.42. The molecule has 0 aliphatic carbocycles. The van der Waals surface area contributed by atoms with Crippen molar-refractivity contribution in [1.82, 2.24) is 5.43 Å². The summed E-state index contributed by atoms with van der Waals surface area (Å²) in [5, 5.41) is 3.91. The first-order valence-corrected chi connectivity index (χ1v) is 8.90. The van der Waals surface area contributed by atoms with Gasteiger partial charge in [-0.2, -0.15) is 5.10 Å². The third-order valence-electron chi connectivity index (χ3n) is 3.99. The van der Waals surface area contributed by atoms with E-state index in [4.69, 9.17) is 13.9 Å². The summed E-state index contributed by atoms with van der Waals surface area (Å²) < 4.78 is 15.9. The van der Waals surface area contributed by atoms with Gasteiger partial charge in [-0.1, -0.05) is 30.3 Å². The monoisotopic (exact) mass is 392 g/mol. The topological polar surface area (TPSA) is 90.1 Å². The van der Waals surface area contributed by atoms with Crippen LogP contribution in [-0.2, 0) is 4.79 Å². The van der Waals surface area contributed by atoms with Crippen LogP contribution in [0.25, 0.3) is 0 Å². The maximum atomic E-state index is 12.0. The molecule has 0 bridgehead atoms. The average Bonchev–Trinajstić information content (AvgIpc) is 3.24. The second-order valence-corrected chi connectivity index (χ2v) is 6.21. The zero-order chi connectivity index (χ0) is 20.6. The summed E-state index contributed by atoms with van der Waals surface area (Å²) in [6.07, 6.45) is 2.78. The van der Waals surface area contributed by atoms with Crippen LogP contribution in [0.4, 0.5) is 0 Å². The van der Waals surface area contributed by atoms with Gasteiger partial charge in [-0.15, -0.1) is 0 Å². The number of esters is 1. The highest BCUT2D eigenvalue weighted by Crippen LogP contribution is 2.22. The first-order chi connectivity index (χ1) is 14.0. The second-order valence-electron chi connectivity index (χ2n) is 6.21. The fraction of sp³-hybridized carbons (Fsp3) is 0.136. The van der Waals surface area contributed by atoms with Gasteiger partial charge in [-0.3, -0.25) is 4.79 Å². The number of aryl methyl sites for hydroxylation is 2. The summed E-state index contributed by atoms with van der Waals surface area (Å²) in [7, 11) is 0. The number of hydrazone groups is 1. The smallest absolute Gasteiger partial charge is 0.379 e. The lowest BCUT2D eigenvalue weighted by Crippen LogP contribution is -2.25. The van der Waals surface area contributed by atoms with Crippen molar-refractivity contribution in [3.05, 3.63) is 83.3 Å². The Hall–Kier alpha value is -3.87. The number of benzene rings is 2. The summed E-state index contributed by atoms with van der Waals surface area (Å²) in [5.41, 5.74) is 4.82. The highest BCUT2D eigenvalue weighted by Gasteiger charge is 2.13. The van der Waals surface area contributed by atoms with Crippen LogP contribution in [0.2, 0.25) is 0 Å². The predicted octanol–water partition coefficient (Wildman–Crippen LogP) is 3.64. The van der Waals surface area contributed by atoms with Crippen molar-refractivity contribution in [2.24, 2.45) is 5.10 Å². The first kappa shape index (κ1) is 19.9. The minimum absolute atomic E-state index is 0.0914. The molecule has 0 unspecified atom stereocenters. The number of furan rings is 1. The van der Waals surface area contributed by atoms with Gasteiger partial charge in [-0.05, 0) is 49.2 Å². The standard InChI is InChI=1S/C22H20N2O5/c1-15-7-5-8-16(2)21(15)28-14-20(25)24-23-13-17-9-3-4-10-18(17)29-22(26)19-11-6-12-27-19/h3-13H,14H2,1-2H3,(H,24,25). The molecule has 3 aromatic rings. The second kappa shape index (κ2) is 9.36. The molecule has 29 heavy (non-hydrogen) atoms. The Bertz CT molecular complexity index is 1010. The number of ether oxygens (including phenoxy) is 2. The van der Waals surface area contributed by atoms with Gasteiger partial charge < -0.3 is 13.9 Å². The number of nitrogens with one attached hydrogen (secondary N) is 1. The molecule has 1 N–H and O–H groups in total. The molecule has 0 saturated heterocycles. The van der Waals surface area contributed by atoms with Crippen molar-refractivity contribution in [3.8, 4) is 11.5 Å². The van der Waals surface area contributed by atoms with Crippen LogP contribution < -0.4 is 14.9 Å².